The van der Waals surface area contributed by atoms with E-state index in [1.165, 1.54) is 0 Å². The molecule has 0 aromatic carbocycles. The minimum atomic E-state index is -0.584. The fourth-order valence-electron chi connectivity index (χ4n) is 1.61. The monoisotopic (exact) mass is 200 g/mol. The number of likely N-dealkylation sites (N-methyl/N-ethyl adjacent to an activating group) is 1. The molecule has 1 saturated heterocycles. The Kier molecular flexibility index (Phi) is 3.50. The first-order valence-corrected chi connectivity index (χ1v) is 5.15. The summed E-state index contributed by atoms with van der Waals surface area (Å²) in [6.07, 6.45) is 1.35. The van der Waals surface area contributed by atoms with E-state index in [4.69, 9.17) is 0 Å². The summed E-state index contributed by atoms with van der Waals surface area (Å²) in [5.41, 5.74) is -0.584. The highest BCUT2D eigenvalue weighted by Crippen LogP contribution is 2.21. The van der Waals surface area contributed by atoms with E-state index in [1.807, 2.05) is 18.7 Å². The Morgan fingerprint density at radius 1 is 1.50 bits per heavy atom. The Labute approximate surface area is 85.3 Å². The summed E-state index contributed by atoms with van der Waals surface area (Å²) >= 11 is 0. The fraction of sp³-hybridized carbons (Fsp3) is 0.900. The van der Waals surface area contributed by atoms with Crippen molar-refractivity contribution in [3.8, 4) is 0 Å². The molecule has 0 spiro atoms. The maximum atomic E-state index is 11.7. The first-order chi connectivity index (χ1) is 6.46. The van der Waals surface area contributed by atoms with Gasteiger partial charge in [-0.1, -0.05) is 0 Å². The van der Waals surface area contributed by atoms with Gasteiger partial charge in [-0.3, -0.25) is 4.79 Å². The summed E-state index contributed by atoms with van der Waals surface area (Å²) in [5, 5.41) is 12.6. The molecule has 1 heterocycles. The number of aliphatic hydroxyl groups is 1. The van der Waals surface area contributed by atoms with Crippen LogP contribution in [0.25, 0.3) is 0 Å². The fourth-order valence-corrected chi connectivity index (χ4v) is 1.61. The zero-order chi connectivity index (χ0) is 10.8. The van der Waals surface area contributed by atoms with Crippen molar-refractivity contribution >= 4 is 5.91 Å². The minimum absolute atomic E-state index is 0.127. The molecule has 0 aromatic heterocycles. The van der Waals surface area contributed by atoms with Gasteiger partial charge in [-0.25, -0.2) is 0 Å². The van der Waals surface area contributed by atoms with Crippen LogP contribution in [-0.4, -0.2) is 47.7 Å². The average Bonchev–Trinajstić information content (AvgIpc) is 2.15. The molecule has 0 aromatic rings. The topological polar surface area (TPSA) is 52.6 Å². The lowest BCUT2D eigenvalue weighted by Crippen LogP contribution is -2.50. The first-order valence-electron chi connectivity index (χ1n) is 5.15. The molecule has 1 aliphatic heterocycles. The summed E-state index contributed by atoms with van der Waals surface area (Å²) in [7, 11) is 1.78. The molecule has 1 fully saturated rings. The molecule has 1 unspecified atom stereocenters. The van der Waals surface area contributed by atoms with Gasteiger partial charge in [0.1, 0.15) is 0 Å². The van der Waals surface area contributed by atoms with Gasteiger partial charge in [0.05, 0.1) is 11.6 Å². The number of likely N-dealkylation sites (tertiary alicyclic amines) is 1. The molecule has 82 valence electrons. The van der Waals surface area contributed by atoms with E-state index in [0.717, 1.165) is 0 Å². The van der Waals surface area contributed by atoms with Crippen molar-refractivity contribution in [3.63, 3.8) is 0 Å². The minimum Gasteiger partial charge on any atom is -0.390 e. The van der Waals surface area contributed by atoms with Crippen LogP contribution >= 0.6 is 0 Å². The van der Waals surface area contributed by atoms with Gasteiger partial charge in [0.15, 0.2) is 0 Å². The number of nitrogens with zero attached hydrogens (tertiary/aromatic N) is 1. The van der Waals surface area contributed by atoms with Crippen molar-refractivity contribution in [1.29, 1.82) is 0 Å². The van der Waals surface area contributed by atoms with Gasteiger partial charge in [0, 0.05) is 13.1 Å². The van der Waals surface area contributed by atoms with Crippen LogP contribution in [0.15, 0.2) is 0 Å². The highest BCUT2D eigenvalue weighted by molar-refractivity contribution is 5.81. The third kappa shape index (κ3) is 2.69. The molecule has 1 rings (SSSR count). The van der Waals surface area contributed by atoms with Gasteiger partial charge in [0.25, 0.3) is 0 Å². The van der Waals surface area contributed by atoms with E-state index >= 15 is 0 Å². The molecule has 1 atom stereocenters. The molecule has 0 saturated carbocycles. The van der Waals surface area contributed by atoms with Crippen molar-refractivity contribution < 1.29 is 9.90 Å². The lowest BCUT2D eigenvalue weighted by Gasteiger charge is -2.36. The third-order valence-electron chi connectivity index (χ3n) is 2.96. The highest BCUT2D eigenvalue weighted by atomic mass is 16.3. The van der Waals surface area contributed by atoms with Gasteiger partial charge in [-0.05, 0) is 33.7 Å². The van der Waals surface area contributed by atoms with Crippen LogP contribution in [0.1, 0.15) is 26.7 Å². The molecule has 4 nitrogen and oxygen atoms in total. The van der Waals surface area contributed by atoms with Crippen LogP contribution in [0.4, 0.5) is 0 Å². The summed E-state index contributed by atoms with van der Waals surface area (Å²) in [6.45, 7) is 5.01. The van der Waals surface area contributed by atoms with Crippen molar-refractivity contribution in [3.05, 3.63) is 0 Å². The predicted octanol–water partition coefficient (Wildman–Crippen LogP) is -0.0323. The maximum Gasteiger partial charge on any atom is 0.239 e. The third-order valence-corrected chi connectivity index (χ3v) is 2.96. The van der Waals surface area contributed by atoms with Crippen molar-refractivity contribution in [2.24, 2.45) is 0 Å². The Morgan fingerprint density at radius 3 is 2.43 bits per heavy atom. The maximum absolute atomic E-state index is 11.7. The Morgan fingerprint density at radius 2 is 2.00 bits per heavy atom. The largest absolute Gasteiger partial charge is 0.390 e. The smallest absolute Gasteiger partial charge is 0.239 e. The molecule has 2 N–H and O–H groups in total. The molecular weight excluding hydrogens is 180 g/mol. The molecule has 4 heteroatoms. The van der Waals surface area contributed by atoms with Crippen LogP contribution in [0, 0.1) is 0 Å². The number of carbonyl (C=O) groups excluding carboxylic acids is 1. The van der Waals surface area contributed by atoms with Crippen molar-refractivity contribution in [2.45, 2.75) is 38.3 Å². The zero-order valence-electron chi connectivity index (χ0n) is 9.21. The van der Waals surface area contributed by atoms with E-state index in [2.05, 4.69) is 5.32 Å². The molecule has 14 heavy (non-hydrogen) atoms. The molecule has 1 aliphatic rings. The SMILES string of the molecule is CNC(C)C(=O)N1CCC(C)(O)CC1. The highest BCUT2D eigenvalue weighted by Gasteiger charge is 2.30. The van der Waals surface area contributed by atoms with E-state index in [9.17, 15) is 9.90 Å². The zero-order valence-corrected chi connectivity index (χ0v) is 9.21. The van der Waals surface area contributed by atoms with E-state index in [-0.39, 0.29) is 11.9 Å². The second-order valence-corrected chi connectivity index (χ2v) is 4.33. The van der Waals surface area contributed by atoms with Gasteiger partial charge >= 0.3 is 0 Å². The van der Waals surface area contributed by atoms with Gasteiger partial charge in [0.2, 0.25) is 5.91 Å². The number of piperidine rings is 1. The summed E-state index contributed by atoms with van der Waals surface area (Å²) in [6, 6.07) is -0.127. The van der Waals surface area contributed by atoms with Crippen LogP contribution < -0.4 is 5.32 Å². The summed E-state index contributed by atoms with van der Waals surface area (Å²) in [5.74, 6) is 0.128. The second-order valence-electron chi connectivity index (χ2n) is 4.33. The lowest BCUT2D eigenvalue weighted by molar-refractivity contribution is -0.136. The van der Waals surface area contributed by atoms with Crippen molar-refractivity contribution in [1.82, 2.24) is 10.2 Å². The number of amides is 1. The number of nitrogens with one attached hydrogen (secondary N) is 1. The molecule has 0 radical (unpaired) electrons. The van der Waals surface area contributed by atoms with Gasteiger partial charge in [-0.2, -0.15) is 0 Å². The number of hydrogen-bond donors (Lipinski definition) is 2. The number of rotatable bonds is 2. The first kappa shape index (κ1) is 11.5. The Hall–Kier alpha value is -0.610. The Bertz CT molecular complexity index is 206. The molecule has 0 aliphatic carbocycles. The van der Waals surface area contributed by atoms with E-state index in [0.29, 0.717) is 25.9 Å². The number of hydrogen-bond acceptors (Lipinski definition) is 3. The molecular formula is C10H20N2O2. The van der Waals surface area contributed by atoms with Crippen LogP contribution in [-0.2, 0) is 4.79 Å². The Balaban J connectivity index is 2.46. The second kappa shape index (κ2) is 4.28. The average molecular weight is 200 g/mol. The van der Waals surface area contributed by atoms with E-state index in [1.54, 1.807) is 7.05 Å². The van der Waals surface area contributed by atoms with Crippen molar-refractivity contribution in [2.75, 3.05) is 20.1 Å². The summed E-state index contributed by atoms with van der Waals surface area (Å²) in [4.78, 5) is 13.5. The van der Waals surface area contributed by atoms with Crippen LogP contribution in [0.5, 0.6) is 0 Å². The predicted molar refractivity (Wildman–Crippen MR) is 55.0 cm³/mol. The molecule has 1 amide bonds. The van der Waals surface area contributed by atoms with Gasteiger partial charge < -0.3 is 15.3 Å². The lowest BCUT2D eigenvalue weighted by atomic mass is 9.93. The quantitative estimate of drug-likeness (QED) is 0.658. The molecule has 0 bridgehead atoms. The van der Waals surface area contributed by atoms with Crippen LogP contribution in [0.2, 0.25) is 0 Å². The normalized spacial score (nSPS) is 23.3. The van der Waals surface area contributed by atoms with E-state index < -0.39 is 5.60 Å². The number of carbonyl (C=O) groups is 1. The summed E-state index contributed by atoms with van der Waals surface area (Å²) < 4.78 is 0. The van der Waals surface area contributed by atoms with Crippen LogP contribution in [0.3, 0.4) is 0 Å². The standard InChI is InChI=1S/C10H20N2O2/c1-8(11-3)9(13)12-6-4-10(2,14)5-7-12/h8,11,14H,4-7H2,1-3H3. The van der Waals surface area contributed by atoms with Gasteiger partial charge in [-0.15, -0.1) is 0 Å².